The SMILES string of the molecule is CC(C)(C)OC(=O)COCC1(c2ccc(Cl)cc2)CCC1. The molecule has 1 aliphatic carbocycles. The van der Waals surface area contributed by atoms with Crippen LogP contribution in [0, 0.1) is 0 Å². The van der Waals surface area contributed by atoms with Gasteiger partial charge in [0.1, 0.15) is 12.2 Å². The molecule has 0 atom stereocenters. The molecule has 21 heavy (non-hydrogen) atoms. The summed E-state index contributed by atoms with van der Waals surface area (Å²) in [6.45, 7) is 6.12. The number of benzene rings is 1. The van der Waals surface area contributed by atoms with Crippen LogP contribution in [0.4, 0.5) is 0 Å². The summed E-state index contributed by atoms with van der Waals surface area (Å²) in [6.07, 6.45) is 3.37. The van der Waals surface area contributed by atoms with E-state index < -0.39 is 5.60 Å². The molecule has 1 aliphatic rings. The van der Waals surface area contributed by atoms with Crippen LogP contribution in [0.2, 0.25) is 5.02 Å². The number of rotatable bonds is 5. The number of hydrogen-bond donors (Lipinski definition) is 0. The van der Waals surface area contributed by atoms with Gasteiger partial charge < -0.3 is 9.47 Å². The Morgan fingerprint density at radius 3 is 2.33 bits per heavy atom. The van der Waals surface area contributed by atoms with Gasteiger partial charge in [-0.3, -0.25) is 0 Å². The molecule has 0 radical (unpaired) electrons. The van der Waals surface area contributed by atoms with Gasteiger partial charge in [-0.15, -0.1) is 0 Å². The number of carbonyl (C=O) groups excluding carboxylic acids is 1. The van der Waals surface area contributed by atoms with Gasteiger partial charge in [-0.25, -0.2) is 4.79 Å². The third kappa shape index (κ3) is 4.45. The largest absolute Gasteiger partial charge is 0.458 e. The van der Waals surface area contributed by atoms with Gasteiger partial charge in [0, 0.05) is 10.4 Å². The van der Waals surface area contributed by atoms with Crippen LogP contribution in [0.25, 0.3) is 0 Å². The Morgan fingerprint density at radius 2 is 1.86 bits per heavy atom. The minimum atomic E-state index is -0.467. The quantitative estimate of drug-likeness (QED) is 0.767. The third-order valence-corrected chi connectivity index (χ3v) is 4.04. The first-order valence-electron chi connectivity index (χ1n) is 7.36. The number of halogens is 1. The van der Waals surface area contributed by atoms with E-state index >= 15 is 0 Å². The van der Waals surface area contributed by atoms with E-state index in [0.717, 1.165) is 17.9 Å². The lowest BCUT2D eigenvalue weighted by molar-refractivity contribution is -0.161. The lowest BCUT2D eigenvalue weighted by Gasteiger charge is -2.42. The Bertz CT molecular complexity index is 484. The normalized spacial score (nSPS) is 17.1. The highest BCUT2D eigenvalue weighted by Gasteiger charge is 2.39. The molecule has 0 saturated heterocycles. The Morgan fingerprint density at radius 1 is 1.24 bits per heavy atom. The average Bonchev–Trinajstić information content (AvgIpc) is 2.32. The summed E-state index contributed by atoms with van der Waals surface area (Å²) in [4.78, 5) is 11.7. The van der Waals surface area contributed by atoms with Gasteiger partial charge in [0.15, 0.2) is 0 Å². The standard InChI is InChI=1S/C17H23ClO3/c1-16(2,3)21-15(19)11-20-12-17(9-4-10-17)13-5-7-14(18)8-6-13/h5-8H,4,9-12H2,1-3H3. The molecule has 0 bridgehead atoms. The third-order valence-electron chi connectivity index (χ3n) is 3.79. The summed E-state index contributed by atoms with van der Waals surface area (Å²) in [7, 11) is 0. The Labute approximate surface area is 131 Å². The fraction of sp³-hybridized carbons (Fsp3) is 0.588. The summed E-state index contributed by atoms with van der Waals surface area (Å²) < 4.78 is 10.9. The number of carbonyl (C=O) groups is 1. The summed E-state index contributed by atoms with van der Waals surface area (Å²) in [5.41, 5.74) is 0.805. The molecule has 2 rings (SSSR count). The number of ether oxygens (including phenoxy) is 2. The predicted molar refractivity (Wildman–Crippen MR) is 83.6 cm³/mol. The van der Waals surface area contributed by atoms with Crippen molar-refractivity contribution in [3.05, 3.63) is 34.9 Å². The highest BCUT2D eigenvalue weighted by atomic mass is 35.5. The second-order valence-corrected chi connectivity index (χ2v) is 7.16. The second-order valence-electron chi connectivity index (χ2n) is 6.72. The maximum absolute atomic E-state index is 11.7. The molecule has 0 heterocycles. The summed E-state index contributed by atoms with van der Waals surface area (Å²) in [5.74, 6) is -0.312. The molecule has 1 aromatic rings. The Balaban J connectivity index is 1.88. The van der Waals surface area contributed by atoms with E-state index in [9.17, 15) is 4.79 Å². The molecule has 4 heteroatoms. The minimum Gasteiger partial charge on any atom is -0.458 e. The maximum Gasteiger partial charge on any atom is 0.332 e. The van der Waals surface area contributed by atoms with E-state index in [1.807, 2.05) is 32.9 Å². The van der Waals surface area contributed by atoms with E-state index in [1.165, 1.54) is 12.0 Å². The van der Waals surface area contributed by atoms with E-state index in [4.69, 9.17) is 21.1 Å². The van der Waals surface area contributed by atoms with Crippen LogP contribution >= 0.6 is 11.6 Å². The first-order valence-corrected chi connectivity index (χ1v) is 7.74. The van der Waals surface area contributed by atoms with Gasteiger partial charge in [-0.1, -0.05) is 30.2 Å². The topological polar surface area (TPSA) is 35.5 Å². The molecule has 0 spiro atoms. The lowest BCUT2D eigenvalue weighted by atomic mass is 9.65. The fourth-order valence-electron chi connectivity index (χ4n) is 2.62. The predicted octanol–water partition coefficient (Wildman–Crippen LogP) is 4.12. The van der Waals surface area contributed by atoms with Crippen molar-refractivity contribution in [3.63, 3.8) is 0 Å². The highest BCUT2D eigenvalue weighted by Crippen LogP contribution is 2.44. The average molecular weight is 311 g/mol. The van der Waals surface area contributed by atoms with Gasteiger partial charge in [-0.2, -0.15) is 0 Å². The molecule has 1 aromatic carbocycles. The van der Waals surface area contributed by atoms with Crippen LogP contribution in [0.3, 0.4) is 0 Å². The molecule has 3 nitrogen and oxygen atoms in total. The Kier molecular flexibility index (Phi) is 4.95. The van der Waals surface area contributed by atoms with Crippen molar-refractivity contribution in [1.82, 2.24) is 0 Å². The van der Waals surface area contributed by atoms with Gasteiger partial charge in [-0.05, 0) is 51.3 Å². The van der Waals surface area contributed by atoms with Gasteiger partial charge >= 0.3 is 5.97 Å². The molecule has 0 N–H and O–H groups in total. The van der Waals surface area contributed by atoms with Crippen LogP contribution in [0.15, 0.2) is 24.3 Å². The van der Waals surface area contributed by atoms with E-state index in [0.29, 0.717) is 6.61 Å². The highest BCUT2D eigenvalue weighted by molar-refractivity contribution is 6.30. The van der Waals surface area contributed by atoms with E-state index in [-0.39, 0.29) is 18.0 Å². The fourth-order valence-corrected chi connectivity index (χ4v) is 2.75. The van der Waals surface area contributed by atoms with Crippen LogP contribution in [0.1, 0.15) is 45.6 Å². The molecule has 0 unspecified atom stereocenters. The molecular formula is C17H23ClO3. The molecule has 0 amide bonds. The van der Waals surface area contributed by atoms with Crippen molar-refractivity contribution in [3.8, 4) is 0 Å². The first kappa shape index (κ1) is 16.3. The molecule has 1 fully saturated rings. The molecule has 0 aliphatic heterocycles. The summed E-state index contributed by atoms with van der Waals surface area (Å²) in [6, 6.07) is 7.92. The first-order chi connectivity index (χ1) is 9.81. The smallest absolute Gasteiger partial charge is 0.332 e. The number of esters is 1. The van der Waals surface area contributed by atoms with Gasteiger partial charge in [0.05, 0.1) is 6.61 Å². The zero-order valence-corrected chi connectivity index (χ0v) is 13.7. The number of hydrogen-bond acceptors (Lipinski definition) is 3. The van der Waals surface area contributed by atoms with Crippen molar-refractivity contribution in [2.45, 2.75) is 51.0 Å². The second kappa shape index (κ2) is 6.37. The lowest BCUT2D eigenvalue weighted by Crippen LogP contribution is -2.40. The van der Waals surface area contributed by atoms with Crippen molar-refractivity contribution >= 4 is 17.6 Å². The van der Waals surface area contributed by atoms with Crippen LogP contribution in [-0.4, -0.2) is 24.8 Å². The van der Waals surface area contributed by atoms with E-state index in [1.54, 1.807) is 0 Å². The van der Waals surface area contributed by atoms with Crippen LogP contribution < -0.4 is 0 Å². The van der Waals surface area contributed by atoms with Gasteiger partial charge in [0.25, 0.3) is 0 Å². The summed E-state index contributed by atoms with van der Waals surface area (Å²) in [5, 5.41) is 0.739. The van der Waals surface area contributed by atoms with Crippen molar-refractivity contribution in [2.24, 2.45) is 0 Å². The van der Waals surface area contributed by atoms with Crippen molar-refractivity contribution in [1.29, 1.82) is 0 Å². The van der Waals surface area contributed by atoms with Crippen LogP contribution in [-0.2, 0) is 19.7 Å². The Hall–Kier alpha value is -1.06. The van der Waals surface area contributed by atoms with E-state index in [2.05, 4.69) is 12.1 Å². The molecule has 116 valence electrons. The monoisotopic (exact) mass is 310 g/mol. The zero-order valence-electron chi connectivity index (χ0n) is 12.9. The summed E-state index contributed by atoms with van der Waals surface area (Å²) >= 11 is 5.94. The molecule has 1 saturated carbocycles. The van der Waals surface area contributed by atoms with Crippen molar-refractivity contribution < 1.29 is 14.3 Å². The molecular weight excluding hydrogens is 288 g/mol. The van der Waals surface area contributed by atoms with Crippen LogP contribution in [0.5, 0.6) is 0 Å². The van der Waals surface area contributed by atoms with Gasteiger partial charge in [0.2, 0.25) is 0 Å². The minimum absolute atomic E-state index is 0.00656. The maximum atomic E-state index is 11.7. The molecule has 0 aromatic heterocycles. The zero-order chi connectivity index (χ0) is 15.5. The van der Waals surface area contributed by atoms with Crippen molar-refractivity contribution in [2.75, 3.05) is 13.2 Å².